The quantitative estimate of drug-likeness (QED) is 0.497. The van der Waals surface area contributed by atoms with E-state index in [2.05, 4.69) is 32.0 Å². The van der Waals surface area contributed by atoms with Crippen molar-refractivity contribution in [2.45, 2.75) is 20.0 Å². The fourth-order valence-electron chi connectivity index (χ4n) is 3.65. The van der Waals surface area contributed by atoms with E-state index < -0.39 is 0 Å². The van der Waals surface area contributed by atoms with Crippen LogP contribution in [0.2, 0.25) is 5.02 Å². The summed E-state index contributed by atoms with van der Waals surface area (Å²) in [4.78, 5) is 21.7. The monoisotopic (exact) mass is 463 g/mol. The second-order valence-corrected chi connectivity index (χ2v) is 8.18. The number of carbonyl (C=O) groups is 1. The summed E-state index contributed by atoms with van der Waals surface area (Å²) in [6.45, 7) is 4.54. The summed E-state index contributed by atoms with van der Waals surface area (Å²) in [5, 5.41) is 10.0. The first-order chi connectivity index (χ1) is 16.0. The number of methoxy groups -OCH3 is 1. The summed E-state index contributed by atoms with van der Waals surface area (Å²) in [6.07, 6.45) is 3.59. The molecule has 0 unspecified atom stereocenters. The van der Waals surface area contributed by atoms with Gasteiger partial charge in [0.25, 0.3) is 5.91 Å². The average molecular weight is 464 g/mol. The van der Waals surface area contributed by atoms with Crippen molar-refractivity contribution in [2.75, 3.05) is 20.2 Å². The van der Waals surface area contributed by atoms with Crippen molar-refractivity contribution in [2.24, 2.45) is 4.99 Å². The average Bonchev–Trinajstić information content (AvgIpc) is 3.36. The standard InChI is InChI=1S/C25H26ClN5O2/c1-16-5-6-27-15-21(16)19-9-18(14-31-25-28-7-8-29-25)10-20(12-19)24(32)30-13-17-3-4-22(26)23(11-17)33-2/h3-6,9-12,15H,7-8,13-14H2,1-2H3,(H,30,32)(H2,28,29,31). The fraction of sp³-hybridized carbons (Fsp3) is 0.240. The molecular formula is C25H26ClN5O2. The van der Waals surface area contributed by atoms with Crippen molar-refractivity contribution in [1.82, 2.24) is 20.9 Å². The highest BCUT2D eigenvalue weighted by Crippen LogP contribution is 2.26. The third kappa shape index (κ3) is 5.62. The molecule has 3 aromatic rings. The summed E-state index contributed by atoms with van der Waals surface area (Å²) < 4.78 is 5.27. The zero-order valence-electron chi connectivity index (χ0n) is 18.6. The molecule has 0 spiro atoms. The molecule has 1 amide bonds. The Balaban J connectivity index is 1.57. The molecule has 3 N–H and O–H groups in total. The number of amides is 1. The van der Waals surface area contributed by atoms with Crippen LogP contribution in [0, 0.1) is 6.92 Å². The van der Waals surface area contributed by atoms with Crippen molar-refractivity contribution in [1.29, 1.82) is 0 Å². The van der Waals surface area contributed by atoms with Gasteiger partial charge in [0.2, 0.25) is 0 Å². The normalized spacial score (nSPS) is 12.6. The van der Waals surface area contributed by atoms with Crippen LogP contribution in [0.4, 0.5) is 0 Å². The van der Waals surface area contributed by atoms with E-state index in [0.29, 0.717) is 29.4 Å². The number of ether oxygens (including phenoxy) is 1. The molecule has 0 bridgehead atoms. The fourth-order valence-corrected chi connectivity index (χ4v) is 3.84. The number of nitrogens with one attached hydrogen (secondary N) is 3. The van der Waals surface area contributed by atoms with Gasteiger partial charge in [0, 0.05) is 43.2 Å². The molecule has 2 heterocycles. The minimum atomic E-state index is -0.162. The predicted octanol–water partition coefficient (Wildman–Crippen LogP) is 3.70. The zero-order valence-corrected chi connectivity index (χ0v) is 19.4. The van der Waals surface area contributed by atoms with Gasteiger partial charge in [-0.15, -0.1) is 0 Å². The largest absolute Gasteiger partial charge is 0.495 e. The summed E-state index contributed by atoms with van der Waals surface area (Å²) in [7, 11) is 1.57. The van der Waals surface area contributed by atoms with Crippen LogP contribution in [0.1, 0.15) is 27.0 Å². The highest BCUT2D eigenvalue weighted by atomic mass is 35.5. The smallest absolute Gasteiger partial charge is 0.251 e. The topological polar surface area (TPSA) is 87.6 Å². The minimum Gasteiger partial charge on any atom is -0.495 e. The Hall–Kier alpha value is -3.58. The molecular weight excluding hydrogens is 438 g/mol. The highest BCUT2D eigenvalue weighted by molar-refractivity contribution is 6.32. The Morgan fingerprint density at radius 1 is 1.15 bits per heavy atom. The third-order valence-corrected chi connectivity index (χ3v) is 5.72. The highest BCUT2D eigenvalue weighted by Gasteiger charge is 2.13. The predicted molar refractivity (Wildman–Crippen MR) is 131 cm³/mol. The summed E-state index contributed by atoms with van der Waals surface area (Å²) in [6, 6.07) is 13.3. The molecule has 170 valence electrons. The second kappa shape index (κ2) is 10.4. The molecule has 8 heteroatoms. The number of halogens is 1. The molecule has 0 fully saturated rings. The number of benzene rings is 2. The molecule has 2 aromatic carbocycles. The maximum Gasteiger partial charge on any atom is 0.251 e. The molecule has 1 aromatic heterocycles. The van der Waals surface area contributed by atoms with Gasteiger partial charge in [0.05, 0.1) is 18.7 Å². The first kappa shape index (κ1) is 22.6. The first-order valence-corrected chi connectivity index (χ1v) is 11.1. The van der Waals surface area contributed by atoms with Gasteiger partial charge in [-0.1, -0.05) is 17.7 Å². The lowest BCUT2D eigenvalue weighted by Gasteiger charge is -2.13. The lowest BCUT2D eigenvalue weighted by Crippen LogP contribution is -2.33. The summed E-state index contributed by atoms with van der Waals surface area (Å²) in [5.74, 6) is 1.19. The van der Waals surface area contributed by atoms with Crippen LogP contribution in [-0.2, 0) is 13.1 Å². The van der Waals surface area contributed by atoms with Crippen LogP contribution in [0.5, 0.6) is 5.75 Å². The number of hydrogen-bond donors (Lipinski definition) is 3. The van der Waals surface area contributed by atoms with Gasteiger partial charge in [-0.2, -0.15) is 0 Å². The molecule has 0 atom stereocenters. The number of rotatable bonds is 7. The molecule has 1 aliphatic rings. The van der Waals surface area contributed by atoms with Gasteiger partial charge < -0.3 is 20.7 Å². The van der Waals surface area contributed by atoms with Crippen molar-refractivity contribution in [3.63, 3.8) is 0 Å². The van der Waals surface area contributed by atoms with Crippen molar-refractivity contribution in [3.8, 4) is 16.9 Å². The van der Waals surface area contributed by atoms with E-state index in [4.69, 9.17) is 16.3 Å². The number of carbonyl (C=O) groups excluding carboxylic acids is 1. The second-order valence-electron chi connectivity index (χ2n) is 7.77. The Kier molecular flexibility index (Phi) is 7.10. The zero-order chi connectivity index (χ0) is 23.2. The molecule has 0 saturated carbocycles. The van der Waals surface area contributed by atoms with Gasteiger partial charge in [0.1, 0.15) is 5.75 Å². The van der Waals surface area contributed by atoms with Crippen LogP contribution >= 0.6 is 11.6 Å². The van der Waals surface area contributed by atoms with Crippen molar-refractivity contribution < 1.29 is 9.53 Å². The van der Waals surface area contributed by atoms with Crippen LogP contribution < -0.4 is 20.7 Å². The van der Waals surface area contributed by atoms with Crippen LogP contribution in [0.3, 0.4) is 0 Å². The maximum absolute atomic E-state index is 13.1. The summed E-state index contributed by atoms with van der Waals surface area (Å²) >= 11 is 6.10. The van der Waals surface area contributed by atoms with Gasteiger partial charge >= 0.3 is 0 Å². The number of aryl methyl sites for hydroxylation is 1. The van der Waals surface area contributed by atoms with Crippen molar-refractivity contribution >= 4 is 23.5 Å². The van der Waals surface area contributed by atoms with E-state index in [0.717, 1.165) is 46.9 Å². The molecule has 0 radical (unpaired) electrons. The van der Waals surface area contributed by atoms with Gasteiger partial charge in [0.15, 0.2) is 5.96 Å². The van der Waals surface area contributed by atoms with E-state index in [1.807, 2.05) is 43.5 Å². The summed E-state index contributed by atoms with van der Waals surface area (Å²) in [5.41, 5.74) is 5.49. The first-order valence-electron chi connectivity index (χ1n) is 10.7. The molecule has 4 rings (SSSR count). The number of aromatic nitrogens is 1. The Labute approximate surface area is 198 Å². The lowest BCUT2D eigenvalue weighted by atomic mass is 9.97. The van der Waals surface area contributed by atoms with Crippen LogP contribution in [0.25, 0.3) is 11.1 Å². The van der Waals surface area contributed by atoms with Gasteiger partial charge in [-0.25, -0.2) is 0 Å². The number of aliphatic imine (C=N–C) groups is 1. The van der Waals surface area contributed by atoms with E-state index in [-0.39, 0.29) is 5.91 Å². The molecule has 0 aliphatic carbocycles. The Bertz CT molecular complexity index is 1200. The van der Waals surface area contributed by atoms with E-state index in [9.17, 15) is 4.79 Å². The lowest BCUT2D eigenvalue weighted by molar-refractivity contribution is 0.0951. The van der Waals surface area contributed by atoms with Gasteiger partial charge in [-0.3, -0.25) is 14.8 Å². The number of pyridine rings is 1. The van der Waals surface area contributed by atoms with Crippen LogP contribution in [0.15, 0.2) is 59.9 Å². The molecule has 0 saturated heterocycles. The Morgan fingerprint density at radius 2 is 2.03 bits per heavy atom. The number of nitrogens with zero attached hydrogens (tertiary/aromatic N) is 2. The minimum absolute atomic E-state index is 0.162. The number of guanidine groups is 1. The maximum atomic E-state index is 13.1. The molecule has 1 aliphatic heterocycles. The van der Waals surface area contributed by atoms with E-state index in [1.54, 1.807) is 19.4 Å². The van der Waals surface area contributed by atoms with Crippen LogP contribution in [-0.4, -0.2) is 37.1 Å². The van der Waals surface area contributed by atoms with E-state index in [1.165, 1.54) is 0 Å². The van der Waals surface area contributed by atoms with Crippen molar-refractivity contribution in [3.05, 3.63) is 82.1 Å². The van der Waals surface area contributed by atoms with E-state index >= 15 is 0 Å². The SMILES string of the molecule is COc1cc(CNC(=O)c2cc(CNC3=NCCN3)cc(-c3cnccc3C)c2)ccc1Cl. The number of hydrogen-bond acceptors (Lipinski definition) is 6. The molecule has 7 nitrogen and oxygen atoms in total. The van der Waals surface area contributed by atoms with Gasteiger partial charge in [-0.05, 0) is 65.6 Å². The third-order valence-electron chi connectivity index (χ3n) is 5.41. The Morgan fingerprint density at radius 3 is 2.79 bits per heavy atom. The molecule has 33 heavy (non-hydrogen) atoms.